The molecule has 5 aliphatic rings. The maximum atomic E-state index is 11.6. The molecule has 0 aromatic rings. The molecule has 1 N–H and O–H groups in total. The Labute approximate surface area is 112 Å². The van der Waals surface area contributed by atoms with Crippen LogP contribution in [0.5, 0.6) is 0 Å². The van der Waals surface area contributed by atoms with Gasteiger partial charge in [0, 0.05) is 17.4 Å². The first-order valence-electron chi connectivity index (χ1n) is 6.87. The summed E-state index contributed by atoms with van der Waals surface area (Å²) in [4.78, 5) is 11.6. The lowest BCUT2D eigenvalue weighted by atomic mass is 9.42. The third-order valence-corrected chi connectivity index (χ3v) is 5.65. The fourth-order valence-corrected chi connectivity index (χ4v) is 4.49. The highest BCUT2D eigenvalue weighted by Gasteiger charge is 2.73. The van der Waals surface area contributed by atoms with E-state index in [0.29, 0.717) is 24.5 Å². The second-order valence-electron chi connectivity index (χ2n) is 6.60. The monoisotopic (exact) mass is 262 g/mol. The van der Waals surface area contributed by atoms with Crippen molar-refractivity contribution in [2.75, 3.05) is 6.61 Å². The van der Waals surface area contributed by atoms with E-state index in [1.54, 1.807) is 13.0 Å². The van der Waals surface area contributed by atoms with E-state index in [-0.39, 0.29) is 11.4 Å². The van der Waals surface area contributed by atoms with Gasteiger partial charge in [-0.1, -0.05) is 12.2 Å². The molecule has 2 spiro atoms. The Bertz CT molecular complexity index is 532. The Kier molecular flexibility index (Phi) is 1.92. The quantitative estimate of drug-likeness (QED) is 0.533. The summed E-state index contributed by atoms with van der Waals surface area (Å²) in [6.07, 6.45) is 4.75. The first-order chi connectivity index (χ1) is 8.90. The van der Waals surface area contributed by atoms with Gasteiger partial charge in [0.1, 0.15) is 0 Å². The summed E-state index contributed by atoms with van der Waals surface area (Å²) >= 11 is 0. The number of ether oxygens (including phenoxy) is 2. The smallest absolute Gasteiger partial charge is 0.336 e. The number of carbonyl (C=O) groups is 1. The van der Waals surface area contributed by atoms with E-state index < -0.39 is 11.4 Å². The van der Waals surface area contributed by atoms with Gasteiger partial charge in [0.25, 0.3) is 0 Å². The van der Waals surface area contributed by atoms with E-state index in [4.69, 9.17) is 9.47 Å². The van der Waals surface area contributed by atoms with Crippen LogP contribution in [0.15, 0.2) is 23.8 Å². The molecule has 4 fully saturated rings. The van der Waals surface area contributed by atoms with E-state index in [1.165, 1.54) is 5.57 Å². The van der Waals surface area contributed by atoms with Crippen molar-refractivity contribution >= 4 is 5.97 Å². The zero-order chi connectivity index (χ0) is 13.5. The second-order valence-corrected chi connectivity index (χ2v) is 6.60. The van der Waals surface area contributed by atoms with Crippen LogP contribution in [0, 0.1) is 11.3 Å². The maximum Gasteiger partial charge on any atom is 0.336 e. The van der Waals surface area contributed by atoms with Crippen LogP contribution in [0.4, 0.5) is 0 Å². The van der Waals surface area contributed by atoms with Gasteiger partial charge in [-0.15, -0.1) is 0 Å². The summed E-state index contributed by atoms with van der Waals surface area (Å²) in [5.74, 6) is -0.947. The van der Waals surface area contributed by atoms with Crippen molar-refractivity contribution in [1.29, 1.82) is 0 Å². The van der Waals surface area contributed by atoms with Gasteiger partial charge in [-0.2, -0.15) is 0 Å². The number of aliphatic hydroxyl groups is 1. The molecule has 19 heavy (non-hydrogen) atoms. The Morgan fingerprint density at radius 3 is 2.95 bits per heavy atom. The van der Waals surface area contributed by atoms with Gasteiger partial charge in [0.2, 0.25) is 5.79 Å². The first-order valence-corrected chi connectivity index (χ1v) is 6.87. The van der Waals surface area contributed by atoms with Crippen LogP contribution in [-0.2, 0) is 14.3 Å². The minimum Gasteiger partial charge on any atom is -0.426 e. The lowest BCUT2D eigenvalue weighted by molar-refractivity contribution is -0.219. The number of fused-ring (bicyclic) bond motifs is 2. The van der Waals surface area contributed by atoms with Gasteiger partial charge in [0.15, 0.2) is 0 Å². The minimum atomic E-state index is -0.939. The normalized spacial score (nSPS) is 51.5. The van der Waals surface area contributed by atoms with Crippen molar-refractivity contribution in [2.24, 2.45) is 11.3 Å². The van der Waals surface area contributed by atoms with E-state index in [2.05, 4.69) is 6.58 Å². The Morgan fingerprint density at radius 2 is 2.32 bits per heavy atom. The highest BCUT2D eigenvalue weighted by Crippen LogP contribution is 2.69. The molecule has 2 aliphatic heterocycles. The molecule has 2 bridgehead atoms. The van der Waals surface area contributed by atoms with Gasteiger partial charge in [-0.05, 0) is 38.2 Å². The lowest BCUT2D eigenvalue weighted by Gasteiger charge is -2.64. The molecule has 0 radical (unpaired) electrons. The summed E-state index contributed by atoms with van der Waals surface area (Å²) in [6.45, 7) is 6.32. The van der Waals surface area contributed by atoms with Crippen molar-refractivity contribution in [3.63, 3.8) is 0 Å². The Morgan fingerprint density at radius 1 is 1.53 bits per heavy atom. The SMILES string of the molecule is C=C1CC[C@@]2(O)C[C@@H]1[C@@]21CO[C@@]2(C=C(C)C(=O)O2)C1. The van der Waals surface area contributed by atoms with Crippen molar-refractivity contribution in [3.05, 3.63) is 23.8 Å². The molecule has 3 aliphatic carbocycles. The fraction of sp³-hybridized carbons (Fsp3) is 0.667. The summed E-state index contributed by atoms with van der Waals surface area (Å²) in [6, 6.07) is 0. The molecule has 2 heterocycles. The Balaban J connectivity index is 1.70. The molecule has 0 unspecified atom stereocenters. The molecular formula is C15H18O4. The lowest BCUT2D eigenvalue weighted by Crippen LogP contribution is -2.67. The molecule has 4 atom stereocenters. The zero-order valence-corrected chi connectivity index (χ0v) is 11.1. The van der Waals surface area contributed by atoms with Crippen molar-refractivity contribution in [1.82, 2.24) is 0 Å². The van der Waals surface area contributed by atoms with Gasteiger partial charge in [-0.3, -0.25) is 0 Å². The molecule has 102 valence electrons. The molecule has 0 aromatic heterocycles. The van der Waals surface area contributed by atoms with Crippen LogP contribution in [0.2, 0.25) is 0 Å². The molecule has 4 heteroatoms. The summed E-state index contributed by atoms with van der Waals surface area (Å²) in [5, 5.41) is 10.8. The highest BCUT2D eigenvalue weighted by molar-refractivity contribution is 5.90. The molecule has 4 nitrogen and oxygen atoms in total. The largest absolute Gasteiger partial charge is 0.426 e. The summed E-state index contributed by atoms with van der Waals surface area (Å²) < 4.78 is 11.2. The molecule has 5 rings (SSSR count). The highest BCUT2D eigenvalue weighted by atomic mass is 16.7. The van der Waals surface area contributed by atoms with Crippen molar-refractivity contribution < 1.29 is 19.4 Å². The predicted molar refractivity (Wildman–Crippen MR) is 67.0 cm³/mol. The van der Waals surface area contributed by atoms with Crippen LogP contribution in [0.25, 0.3) is 0 Å². The van der Waals surface area contributed by atoms with Crippen LogP contribution >= 0.6 is 0 Å². The molecule has 0 aromatic carbocycles. The molecule has 3 saturated carbocycles. The van der Waals surface area contributed by atoms with Gasteiger partial charge >= 0.3 is 5.97 Å². The van der Waals surface area contributed by atoms with Crippen LogP contribution < -0.4 is 0 Å². The van der Waals surface area contributed by atoms with E-state index in [1.807, 2.05) is 0 Å². The van der Waals surface area contributed by atoms with Gasteiger partial charge in [-0.25, -0.2) is 4.79 Å². The number of rotatable bonds is 0. The van der Waals surface area contributed by atoms with E-state index >= 15 is 0 Å². The standard InChI is InChI=1S/C15H18O4/c1-9-3-4-14(17)6-11(9)13(14)7-15(18-8-13)5-10(2)12(16)19-15/h5,11,17H,1,3-4,6-8H2,2H3/t11-,13+,14+,15+/m0/s1. The third-order valence-electron chi connectivity index (χ3n) is 5.65. The molecule has 1 saturated heterocycles. The van der Waals surface area contributed by atoms with Gasteiger partial charge < -0.3 is 14.6 Å². The van der Waals surface area contributed by atoms with Crippen LogP contribution in [-0.4, -0.2) is 29.1 Å². The fourth-order valence-electron chi connectivity index (χ4n) is 4.49. The van der Waals surface area contributed by atoms with Crippen LogP contribution in [0.1, 0.15) is 32.6 Å². The topological polar surface area (TPSA) is 55.8 Å². The third kappa shape index (κ3) is 1.20. The van der Waals surface area contributed by atoms with Crippen LogP contribution in [0.3, 0.4) is 0 Å². The molecule has 0 amide bonds. The Hall–Kier alpha value is -1.13. The van der Waals surface area contributed by atoms with E-state index in [0.717, 1.165) is 19.3 Å². The average molecular weight is 262 g/mol. The minimum absolute atomic E-state index is 0.302. The number of carbonyl (C=O) groups excluding carboxylic acids is 1. The summed E-state index contributed by atoms with van der Waals surface area (Å²) in [5.41, 5.74) is 0.831. The number of hydrogen-bond acceptors (Lipinski definition) is 4. The van der Waals surface area contributed by atoms with Crippen molar-refractivity contribution in [3.8, 4) is 0 Å². The zero-order valence-electron chi connectivity index (χ0n) is 11.1. The average Bonchev–Trinajstić information content (AvgIpc) is 2.86. The predicted octanol–water partition coefficient (Wildman–Crippen LogP) is 1.69. The number of esters is 1. The number of allylic oxidation sites excluding steroid dienone is 1. The van der Waals surface area contributed by atoms with Gasteiger partial charge in [0.05, 0.1) is 12.2 Å². The van der Waals surface area contributed by atoms with E-state index in [9.17, 15) is 9.90 Å². The summed E-state index contributed by atoms with van der Waals surface area (Å²) in [7, 11) is 0. The maximum absolute atomic E-state index is 11.6. The molecular weight excluding hydrogens is 244 g/mol. The first kappa shape index (κ1) is 11.7. The van der Waals surface area contributed by atoms with Crippen molar-refractivity contribution in [2.45, 2.75) is 44.0 Å². The number of hydrogen-bond donors (Lipinski definition) is 1. The second kappa shape index (κ2) is 3.13.